The largest absolute Gasteiger partial charge is 0.365 e. The summed E-state index contributed by atoms with van der Waals surface area (Å²) in [5, 5.41) is 3.44. The first-order valence-corrected chi connectivity index (χ1v) is 5.77. The van der Waals surface area contributed by atoms with Crippen LogP contribution in [0.25, 0.3) is 0 Å². The van der Waals surface area contributed by atoms with Gasteiger partial charge in [0.25, 0.3) is 0 Å². The summed E-state index contributed by atoms with van der Waals surface area (Å²) in [6, 6.07) is 2.45. The Morgan fingerprint density at radius 3 is 2.86 bits per heavy atom. The number of nitrogens with zero attached hydrogens (tertiary/aromatic N) is 2. The molecule has 76 valence electrons. The summed E-state index contributed by atoms with van der Waals surface area (Å²) in [5.74, 6) is 2.92. The molecule has 1 N–H and O–H groups in total. The number of thioether (sulfide) groups is 1. The topological polar surface area (TPSA) is 37.8 Å². The van der Waals surface area contributed by atoms with Gasteiger partial charge in [0, 0.05) is 16.7 Å². The van der Waals surface area contributed by atoms with Crippen LogP contribution >= 0.6 is 11.8 Å². The summed E-state index contributed by atoms with van der Waals surface area (Å²) in [6.45, 7) is 6.42. The molecule has 2 heterocycles. The Labute approximate surface area is 88.7 Å². The number of hydrogen-bond donors (Lipinski definition) is 1. The fourth-order valence-electron chi connectivity index (χ4n) is 1.43. The third kappa shape index (κ3) is 1.85. The van der Waals surface area contributed by atoms with Gasteiger partial charge in [-0.2, -0.15) is 11.8 Å². The molecule has 1 saturated heterocycles. The Hall–Kier alpha value is -0.770. The molecule has 0 aliphatic carbocycles. The van der Waals surface area contributed by atoms with Gasteiger partial charge >= 0.3 is 0 Å². The van der Waals surface area contributed by atoms with E-state index >= 15 is 0 Å². The lowest BCUT2D eigenvalue weighted by Crippen LogP contribution is -2.50. The van der Waals surface area contributed by atoms with Crippen LogP contribution in [0.3, 0.4) is 0 Å². The van der Waals surface area contributed by atoms with Crippen molar-refractivity contribution in [1.82, 2.24) is 9.97 Å². The molecule has 0 saturated carbocycles. The number of anilines is 1. The number of hydrogen-bond acceptors (Lipinski definition) is 4. The molecule has 1 aromatic heterocycles. The van der Waals surface area contributed by atoms with Crippen LogP contribution < -0.4 is 5.32 Å². The van der Waals surface area contributed by atoms with Crippen molar-refractivity contribution in [2.45, 2.75) is 31.6 Å². The van der Waals surface area contributed by atoms with Crippen molar-refractivity contribution in [3.63, 3.8) is 0 Å². The minimum absolute atomic E-state index is 0.332. The van der Waals surface area contributed by atoms with Crippen LogP contribution in [0.5, 0.6) is 0 Å². The Morgan fingerprint density at radius 2 is 2.36 bits per heavy atom. The first kappa shape index (κ1) is 9.77. The molecule has 0 radical (unpaired) electrons. The molecule has 0 spiro atoms. The minimum atomic E-state index is 0.332. The smallest absolute Gasteiger partial charge is 0.129 e. The maximum atomic E-state index is 4.33. The molecule has 1 fully saturated rings. The van der Waals surface area contributed by atoms with Gasteiger partial charge in [-0.1, -0.05) is 0 Å². The lowest BCUT2D eigenvalue weighted by molar-refractivity contribution is 0.574. The highest BCUT2D eigenvalue weighted by molar-refractivity contribution is 8.02. The SMILES string of the molecule is Cc1nccc(NC2CSC2(C)C)n1. The molecule has 2 rings (SSSR count). The Bertz CT molecular complexity index is 338. The molecule has 0 amide bonds. The minimum Gasteiger partial charge on any atom is -0.365 e. The fraction of sp³-hybridized carbons (Fsp3) is 0.600. The van der Waals surface area contributed by atoms with Crippen LogP contribution in [0.4, 0.5) is 5.82 Å². The van der Waals surface area contributed by atoms with Crippen LogP contribution in [0.15, 0.2) is 12.3 Å². The third-order valence-electron chi connectivity index (χ3n) is 2.56. The normalized spacial score (nSPS) is 24.1. The second kappa shape index (κ2) is 3.42. The van der Waals surface area contributed by atoms with Crippen LogP contribution in [-0.2, 0) is 0 Å². The molecule has 1 unspecified atom stereocenters. The molecule has 14 heavy (non-hydrogen) atoms. The van der Waals surface area contributed by atoms with E-state index in [1.165, 1.54) is 0 Å². The first-order valence-electron chi connectivity index (χ1n) is 4.78. The highest BCUT2D eigenvalue weighted by Crippen LogP contribution is 2.41. The van der Waals surface area contributed by atoms with Gasteiger partial charge < -0.3 is 5.32 Å². The molecule has 1 aliphatic heterocycles. The summed E-state index contributed by atoms with van der Waals surface area (Å²) in [6.07, 6.45) is 1.80. The van der Waals surface area contributed by atoms with Gasteiger partial charge in [0.2, 0.25) is 0 Å². The molecule has 3 nitrogen and oxygen atoms in total. The second-order valence-corrected chi connectivity index (χ2v) is 5.77. The molecular formula is C10H15N3S. The highest BCUT2D eigenvalue weighted by atomic mass is 32.2. The van der Waals surface area contributed by atoms with Gasteiger partial charge in [0.15, 0.2) is 0 Å². The maximum absolute atomic E-state index is 4.33. The second-order valence-electron chi connectivity index (χ2n) is 4.10. The van der Waals surface area contributed by atoms with Crippen molar-refractivity contribution in [2.75, 3.05) is 11.1 Å². The lowest BCUT2D eigenvalue weighted by atomic mass is 10.0. The van der Waals surface area contributed by atoms with E-state index in [1.807, 2.05) is 24.8 Å². The van der Waals surface area contributed by atoms with E-state index in [0.717, 1.165) is 17.4 Å². The predicted octanol–water partition coefficient (Wildman–Crippen LogP) is 2.09. The van der Waals surface area contributed by atoms with Crippen molar-refractivity contribution in [2.24, 2.45) is 0 Å². The summed E-state index contributed by atoms with van der Waals surface area (Å²) in [5.41, 5.74) is 0. The van der Waals surface area contributed by atoms with Crippen molar-refractivity contribution >= 4 is 17.6 Å². The summed E-state index contributed by atoms with van der Waals surface area (Å²) < 4.78 is 0.332. The van der Waals surface area contributed by atoms with E-state index in [1.54, 1.807) is 6.20 Å². The Morgan fingerprint density at radius 1 is 1.57 bits per heavy atom. The monoisotopic (exact) mass is 209 g/mol. The van der Waals surface area contributed by atoms with Crippen molar-refractivity contribution in [3.05, 3.63) is 18.1 Å². The quantitative estimate of drug-likeness (QED) is 0.809. The molecule has 1 atom stereocenters. The average Bonchev–Trinajstić information content (AvgIpc) is 2.13. The van der Waals surface area contributed by atoms with Gasteiger partial charge in [-0.15, -0.1) is 0 Å². The number of aromatic nitrogens is 2. The van der Waals surface area contributed by atoms with Crippen LogP contribution in [0.2, 0.25) is 0 Å². The van der Waals surface area contributed by atoms with Gasteiger partial charge in [0.1, 0.15) is 11.6 Å². The molecule has 0 bridgehead atoms. The zero-order valence-electron chi connectivity index (χ0n) is 8.74. The number of aryl methyl sites for hydroxylation is 1. The standard InChI is InChI=1S/C10H15N3S/c1-7-11-5-4-9(12-7)13-8-6-14-10(8,2)3/h4-5,8H,6H2,1-3H3,(H,11,12,13). The van der Waals surface area contributed by atoms with E-state index in [2.05, 4.69) is 29.1 Å². The van der Waals surface area contributed by atoms with E-state index in [0.29, 0.717) is 10.8 Å². The molecular weight excluding hydrogens is 194 g/mol. The molecule has 1 aliphatic rings. The first-order chi connectivity index (χ1) is 6.58. The van der Waals surface area contributed by atoms with Crippen LogP contribution in [0.1, 0.15) is 19.7 Å². The number of rotatable bonds is 2. The van der Waals surface area contributed by atoms with E-state index in [-0.39, 0.29) is 0 Å². The van der Waals surface area contributed by atoms with Gasteiger partial charge in [-0.05, 0) is 26.8 Å². The summed E-state index contributed by atoms with van der Waals surface area (Å²) in [4.78, 5) is 8.40. The fourth-order valence-corrected chi connectivity index (χ4v) is 2.57. The van der Waals surface area contributed by atoms with E-state index < -0.39 is 0 Å². The summed E-state index contributed by atoms with van der Waals surface area (Å²) in [7, 11) is 0. The van der Waals surface area contributed by atoms with Crippen molar-refractivity contribution in [3.8, 4) is 0 Å². The zero-order valence-corrected chi connectivity index (χ0v) is 9.56. The lowest BCUT2D eigenvalue weighted by Gasteiger charge is -2.44. The predicted molar refractivity (Wildman–Crippen MR) is 60.7 cm³/mol. The van der Waals surface area contributed by atoms with Crippen LogP contribution in [0, 0.1) is 6.92 Å². The molecule has 1 aromatic rings. The zero-order chi connectivity index (χ0) is 10.2. The Balaban J connectivity index is 2.05. The van der Waals surface area contributed by atoms with Crippen molar-refractivity contribution in [1.29, 1.82) is 0 Å². The van der Waals surface area contributed by atoms with Crippen molar-refractivity contribution < 1.29 is 0 Å². The Kier molecular flexibility index (Phi) is 2.39. The van der Waals surface area contributed by atoms with E-state index in [4.69, 9.17) is 0 Å². The number of nitrogens with one attached hydrogen (secondary N) is 1. The third-order valence-corrected chi connectivity index (χ3v) is 4.09. The van der Waals surface area contributed by atoms with E-state index in [9.17, 15) is 0 Å². The maximum Gasteiger partial charge on any atom is 0.129 e. The molecule has 4 heteroatoms. The highest BCUT2D eigenvalue weighted by Gasteiger charge is 2.39. The average molecular weight is 209 g/mol. The molecule has 0 aromatic carbocycles. The van der Waals surface area contributed by atoms with Crippen LogP contribution in [-0.4, -0.2) is 26.5 Å². The van der Waals surface area contributed by atoms with Gasteiger partial charge in [-0.3, -0.25) is 0 Å². The van der Waals surface area contributed by atoms with Gasteiger partial charge in [0.05, 0.1) is 6.04 Å². The summed E-state index contributed by atoms with van der Waals surface area (Å²) >= 11 is 1.99. The van der Waals surface area contributed by atoms with Gasteiger partial charge in [-0.25, -0.2) is 9.97 Å².